The van der Waals surface area contributed by atoms with Crippen LogP contribution in [0.4, 0.5) is 6.01 Å². The molecule has 0 aliphatic heterocycles. The molecule has 0 bridgehead atoms. The zero-order valence-corrected chi connectivity index (χ0v) is 15.5. The van der Waals surface area contributed by atoms with E-state index in [0.717, 1.165) is 4.90 Å². The number of aromatic nitrogens is 2. The number of hydrogen-bond donors (Lipinski definition) is 1. The van der Waals surface area contributed by atoms with Gasteiger partial charge in [0.2, 0.25) is 5.91 Å². The molecule has 8 heteroatoms. The monoisotopic (exact) mass is 393 g/mol. The van der Waals surface area contributed by atoms with Crippen LogP contribution in [0.3, 0.4) is 0 Å². The van der Waals surface area contributed by atoms with Gasteiger partial charge in [0, 0.05) is 9.92 Å². The van der Waals surface area contributed by atoms with Crippen LogP contribution >= 0.6 is 35.0 Å². The van der Waals surface area contributed by atoms with Crippen molar-refractivity contribution >= 4 is 46.9 Å². The summed E-state index contributed by atoms with van der Waals surface area (Å²) in [6, 6.07) is 12.9. The van der Waals surface area contributed by atoms with Gasteiger partial charge in [-0.1, -0.05) is 46.0 Å². The molecule has 2 aromatic carbocycles. The van der Waals surface area contributed by atoms with Crippen LogP contribution in [0.15, 0.2) is 51.8 Å². The van der Waals surface area contributed by atoms with E-state index in [-0.39, 0.29) is 23.6 Å². The highest BCUT2D eigenvalue weighted by molar-refractivity contribution is 8.00. The number of anilines is 1. The molecule has 0 radical (unpaired) electrons. The van der Waals surface area contributed by atoms with Gasteiger partial charge in [-0.3, -0.25) is 10.1 Å². The van der Waals surface area contributed by atoms with Gasteiger partial charge >= 0.3 is 6.01 Å². The first-order valence-corrected chi connectivity index (χ1v) is 9.03. The van der Waals surface area contributed by atoms with Gasteiger partial charge < -0.3 is 4.42 Å². The third kappa shape index (κ3) is 4.75. The second kappa shape index (κ2) is 7.91. The summed E-state index contributed by atoms with van der Waals surface area (Å²) in [5.41, 5.74) is 1.72. The molecule has 0 aliphatic rings. The van der Waals surface area contributed by atoms with Crippen LogP contribution in [0.1, 0.15) is 5.56 Å². The predicted molar refractivity (Wildman–Crippen MR) is 100 cm³/mol. The summed E-state index contributed by atoms with van der Waals surface area (Å²) >= 11 is 13.4. The molecular weight excluding hydrogens is 381 g/mol. The maximum Gasteiger partial charge on any atom is 0.322 e. The third-order valence-corrected chi connectivity index (χ3v) is 4.78. The van der Waals surface area contributed by atoms with Crippen molar-refractivity contribution < 1.29 is 9.21 Å². The molecule has 3 aromatic rings. The maximum atomic E-state index is 12.0. The Hall–Kier alpha value is -2.02. The molecule has 0 spiro atoms. The van der Waals surface area contributed by atoms with Crippen LogP contribution in [-0.2, 0) is 4.79 Å². The molecule has 0 atom stereocenters. The number of carbonyl (C=O) groups is 1. The lowest BCUT2D eigenvalue weighted by molar-refractivity contribution is -0.113. The number of hydrogen-bond acceptors (Lipinski definition) is 5. The molecule has 5 nitrogen and oxygen atoms in total. The number of benzene rings is 2. The SMILES string of the molecule is Cc1ccc(SCC(=O)Nc2nnc(-c3ccc(Cl)cc3Cl)o2)cc1. The lowest BCUT2D eigenvalue weighted by atomic mass is 10.2. The van der Waals surface area contributed by atoms with E-state index in [0.29, 0.717) is 15.6 Å². The molecule has 1 aromatic heterocycles. The quantitative estimate of drug-likeness (QED) is 0.611. The number of carbonyl (C=O) groups excluding carboxylic acids is 1. The first-order chi connectivity index (χ1) is 12.0. The smallest absolute Gasteiger partial charge is 0.322 e. The van der Waals surface area contributed by atoms with E-state index in [9.17, 15) is 4.79 Å². The van der Waals surface area contributed by atoms with Crippen molar-refractivity contribution in [2.24, 2.45) is 0 Å². The van der Waals surface area contributed by atoms with E-state index in [1.807, 2.05) is 31.2 Å². The Kier molecular flexibility index (Phi) is 5.63. The summed E-state index contributed by atoms with van der Waals surface area (Å²) in [6.07, 6.45) is 0. The Morgan fingerprint density at radius 3 is 2.64 bits per heavy atom. The van der Waals surface area contributed by atoms with E-state index >= 15 is 0 Å². The fraction of sp³-hybridized carbons (Fsp3) is 0.118. The highest BCUT2D eigenvalue weighted by atomic mass is 35.5. The number of halogens is 2. The topological polar surface area (TPSA) is 68.0 Å². The number of nitrogens with one attached hydrogen (secondary N) is 1. The summed E-state index contributed by atoms with van der Waals surface area (Å²) in [6.45, 7) is 2.02. The van der Waals surface area contributed by atoms with Gasteiger partial charge in [-0.05, 0) is 37.3 Å². The molecule has 0 aliphatic carbocycles. The van der Waals surface area contributed by atoms with Crippen molar-refractivity contribution in [3.8, 4) is 11.5 Å². The van der Waals surface area contributed by atoms with E-state index in [4.69, 9.17) is 27.6 Å². The van der Waals surface area contributed by atoms with Gasteiger partial charge in [-0.15, -0.1) is 16.9 Å². The molecule has 3 rings (SSSR count). The Morgan fingerprint density at radius 2 is 1.92 bits per heavy atom. The summed E-state index contributed by atoms with van der Waals surface area (Å²) in [7, 11) is 0. The van der Waals surface area contributed by atoms with Crippen LogP contribution < -0.4 is 5.32 Å². The first kappa shape index (κ1) is 17.8. The molecule has 25 heavy (non-hydrogen) atoms. The molecule has 1 N–H and O–H groups in total. The van der Waals surface area contributed by atoms with Gasteiger partial charge in [-0.25, -0.2) is 0 Å². The molecule has 0 unspecified atom stereocenters. The predicted octanol–water partition coefficient (Wildman–Crippen LogP) is 5.08. The van der Waals surface area contributed by atoms with Gasteiger partial charge in [-0.2, -0.15) is 0 Å². The average molecular weight is 394 g/mol. The minimum Gasteiger partial charge on any atom is -0.403 e. The van der Waals surface area contributed by atoms with Gasteiger partial charge in [0.05, 0.1) is 16.3 Å². The lowest BCUT2D eigenvalue weighted by Crippen LogP contribution is -2.14. The second-order valence-corrected chi connectivity index (χ2v) is 7.08. The second-order valence-electron chi connectivity index (χ2n) is 5.19. The fourth-order valence-corrected chi connectivity index (χ4v) is 3.17. The first-order valence-electron chi connectivity index (χ1n) is 7.29. The summed E-state index contributed by atoms with van der Waals surface area (Å²) in [4.78, 5) is 13.0. The Labute approximate surface area is 158 Å². The summed E-state index contributed by atoms with van der Waals surface area (Å²) in [5, 5.41) is 11.2. The van der Waals surface area contributed by atoms with Crippen LogP contribution in [-0.4, -0.2) is 21.9 Å². The largest absolute Gasteiger partial charge is 0.403 e. The van der Waals surface area contributed by atoms with Crippen molar-refractivity contribution in [3.63, 3.8) is 0 Å². The highest BCUT2D eigenvalue weighted by Crippen LogP contribution is 2.30. The molecular formula is C17H13Cl2N3O2S. The fourth-order valence-electron chi connectivity index (χ4n) is 1.98. The van der Waals surface area contributed by atoms with Crippen LogP contribution in [0.2, 0.25) is 10.0 Å². The molecule has 1 amide bonds. The number of nitrogens with zero attached hydrogens (tertiary/aromatic N) is 2. The van der Waals surface area contributed by atoms with Crippen molar-refractivity contribution in [1.82, 2.24) is 10.2 Å². The van der Waals surface area contributed by atoms with Crippen LogP contribution in [0, 0.1) is 6.92 Å². The van der Waals surface area contributed by atoms with Gasteiger partial charge in [0.1, 0.15) is 0 Å². The van der Waals surface area contributed by atoms with Crippen molar-refractivity contribution in [3.05, 3.63) is 58.1 Å². The lowest BCUT2D eigenvalue weighted by Gasteiger charge is -2.02. The van der Waals surface area contributed by atoms with Gasteiger partial charge in [0.15, 0.2) is 0 Å². The Balaban J connectivity index is 1.60. The van der Waals surface area contributed by atoms with E-state index in [1.165, 1.54) is 17.3 Å². The van der Waals surface area contributed by atoms with Crippen molar-refractivity contribution in [2.75, 3.05) is 11.1 Å². The van der Waals surface area contributed by atoms with Crippen LogP contribution in [0.5, 0.6) is 0 Å². The molecule has 0 saturated heterocycles. The highest BCUT2D eigenvalue weighted by Gasteiger charge is 2.14. The number of rotatable bonds is 5. The number of aryl methyl sites for hydroxylation is 1. The van der Waals surface area contributed by atoms with Crippen molar-refractivity contribution in [2.45, 2.75) is 11.8 Å². The molecule has 128 valence electrons. The zero-order chi connectivity index (χ0) is 17.8. The minimum atomic E-state index is -0.233. The average Bonchev–Trinajstić information content (AvgIpc) is 3.02. The van der Waals surface area contributed by atoms with Crippen LogP contribution in [0.25, 0.3) is 11.5 Å². The molecule has 0 fully saturated rings. The third-order valence-electron chi connectivity index (χ3n) is 3.22. The van der Waals surface area contributed by atoms with E-state index in [2.05, 4.69) is 15.5 Å². The summed E-state index contributed by atoms with van der Waals surface area (Å²) < 4.78 is 5.44. The standard InChI is InChI=1S/C17H13Cl2N3O2S/c1-10-2-5-12(6-3-10)25-9-15(23)20-17-22-21-16(24-17)13-7-4-11(18)8-14(13)19/h2-8H,9H2,1H3,(H,20,22,23). The Bertz CT molecular complexity index is 897. The number of amides is 1. The maximum absolute atomic E-state index is 12.0. The van der Waals surface area contributed by atoms with E-state index < -0.39 is 0 Å². The molecule has 0 saturated carbocycles. The normalized spacial score (nSPS) is 10.7. The number of thioether (sulfide) groups is 1. The van der Waals surface area contributed by atoms with Gasteiger partial charge in [0.25, 0.3) is 5.89 Å². The Morgan fingerprint density at radius 1 is 1.16 bits per heavy atom. The van der Waals surface area contributed by atoms with Crippen molar-refractivity contribution in [1.29, 1.82) is 0 Å². The minimum absolute atomic E-state index is 0.0236. The summed E-state index contributed by atoms with van der Waals surface area (Å²) in [5.74, 6) is 0.216. The molecule has 1 heterocycles. The van der Waals surface area contributed by atoms with E-state index in [1.54, 1.807) is 18.2 Å². The zero-order valence-electron chi connectivity index (χ0n) is 13.1.